The molecule has 3 aliphatic carbocycles. The fourth-order valence-corrected chi connectivity index (χ4v) is 5.79. The quantitative estimate of drug-likeness (QED) is 0.738. The highest BCUT2D eigenvalue weighted by atomic mass is 16.3. The van der Waals surface area contributed by atoms with Gasteiger partial charge < -0.3 is 5.11 Å². The Kier molecular flexibility index (Phi) is 2.86. The topological polar surface area (TPSA) is 20.2 Å². The molecule has 0 heterocycles. The molecule has 1 heteroatoms. The third-order valence-electron chi connectivity index (χ3n) is 7.60. The Labute approximate surface area is 112 Å². The van der Waals surface area contributed by atoms with Gasteiger partial charge in [0.05, 0.1) is 6.10 Å². The smallest absolute Gasteiger partial charge is 0.0596 e. The molecular weight excluding hydrogens is 220 g/mol. The van der Waals surface area contributed by atoms with Crippen molar-refractivity contribution in [2.24, 2.45) is 34.5 Å². The predicted octanol–water partition coefficient (Wildman–Crippen LogP) is 4.25. The fraction of sp³-hybridized carbons (Fsp3) is 1.00. The standard InChI is InChI=1S/C17H30O/c1-11-6-5-7-13(15(11)18)14-10-12-8-9-17(14,4)16(12,2)3/h11-15,18H,5-10H2,1-4H3/t11-,12-,13+,14+,15-,17+/m0/s1. The summed E-state index contributed by atoms with van der Waals surface area (Å²) in [4.78, 5) is 0. The van der Waals surface area contributed by atoms with Crippen LogP contribution in [0.25, 0.3) is 0 Å². The summed E-state index contributed by atoms with van der Waals surface area (Å²) in [7, 11) is 0. The Hall–Kier alpha value is -0.0400. The highest BCUT2D eigenvalue weighted by Crippen LogP contribution is 2.70. The molecule has 1 nitrogen and oxygen atoms in total. The Morgan fingerprint density at radius 2 is 1.78 bits per heavy atom. The summed E-state index contributed by atoms with van der Waals surface area (Å²) in [5, 5.41) is 10.6. The van der Waals surface area contributed by atoms with Gasteiger partial charge in [-0.05, 0) is 66.6 Å². The molecular formula is C17H30O. The predicted molar refractivity (Wildman–Crippen MR) is 75.2 cm³/mol. The lowest BCUT2D eigenvalue weighted by Crippen LogP contribution is -2.43. The second-order valence-corrected chi connectivity index (χ2v) is 8.28. The average Bonchev–Trinajstić information content (AvgIpc) is 2.65. The van der Waals surface area contributed by atoms with Crippen LogP contribution >= 0.6 is 0 Å². The van der Waals surface area contributed by atoms with Crippen LogP contribution < -0.4 is 0 Å². The third-order valence-corrected chi connectivity index (χ3v) is 7.60. The van der Waals surface area contributed by atoms with Crippen LogP contribution in [0, 0.1) is 34.5 Å². The molecule has 3 aliphatic rings. The largest absolute Gasteiger partial charge is 0.393 e. The molecule has 0 aliphatic heterocycles. The maximum atomic E-state index is 10.6. The minimum atomic E-state index is -0.0317. The number of hydrogen-bond acceptors (Lipinski definition) is 1. The van der Waals surface area contributed by atoms with Crippen LogP contribution in [0.4, 0.5) is 0 Å². The molecule has 104 valence electrons. The van der Waals surface area contributed by atoms with Gasteiger partial charge in [0.1, 0.15) is 0 Å². The van der Waals surface area contributed by atoms with Crippen molar-refractivity contribution < 1.29 is 5.11 Å². The van der Waals surface area contributed by atoms with Crippen molar-refractivity contribution in [2.75, 3.05) is 0 Å². The van der Waals surface area contributed by atoms with E-state index in [4.69, 9.17) is 0 Å². The number of fused-ring (bicyclic) bond motifs is 2. The second-order valence-electron chi connectivity index (χ2n) is 8.28. The number of hydrogen-bond donors (Lipinski definition) is 1. The van der Waals surface area contributed by atoms with E-state index in [9.17, 15) is 5.11 Å². The van der Waals surface area contributed by atoms with Gasteiger partial charge in [-0.1, -0.05) is 34.1 Å². The molecule has 2 bridgehead atoms. The Morgan fingerprint density at radius 3 is 2.33 bits per heavy atom. The zero-order chi connectivity index (χ0) is 13.1. The van der Waals surface area contributed by atoms with Gasteiger partial charge >= 0.3 is 0 Å². The van der Waals surface area contributed by atoms with Gasteiger partial charge in [-0.25, -0.2) is 0 Å². The van der Waals surface area contributed by atoms with Crippen LogP contribution in [0.15, 0.2) is 0 Å². The molecule has 0 aromatic carbocycles. The fourth-order valence-electron chi connectivity index (χ4n) is 5.79. The van der Waals surface area contributed by atoms with E-state index in [0.717, 1.165) is 11.8 Å². The van der Waals surface area contributed by atoms with Crippen LogP contribution in [0.5, 0.6) is 0 Å². The number of aliphatic hydroxyl groups excluding tert-OH is 1. The van der Waals surface area contributed by atoms with Crippen molar-refractivity contribution >= 4 is 0 Å². The minimum absolute atomic E-state index is 0.0317. The van der Waals surface area contributed by atoms with Crippen molar-refractivity contribution in [2.45, 2.75) is 72.3 Å². The molecule has 0 amide bonds. The lowest BCUT2D eigenvalue weighted by atomic mass is 9.59. The summed E-state index contributed by atoms with van der Waals surface area (Å²) in [5.41, 5.74) is 0.985. The molecule has 6 atom stereocenters. The Morgan fingerprint density at radius 1 is 1.06 bits per heavy atom. The summed E-state index contributed by atoms with van der Waals surface area (Å²) in [6.45, 7) is 9.75. The van der Waals surface area contributed by atoms with Gasteiger partial charge in [0.15, 0.2) is 0 Å². The highest BCUT2D eigenvalue weighted by Gasteiger charge is 2.63. The molecule has 0 saturated heterocycles. The van der Waals surface area contributed by atoms with Gasteiger partial charge in [-0.3, -0.25) is 0 Å². The first-order valence-corrected chi connectivity index (χ1v) is 8.06. The minimum Gasteiger partial charge on any atom is -0.393 e. The maximum absolute atomic E-state index is 10.6. The van der Waals surface area contributed by atoms with Gasteiger partial charge in [0.2, 0.25) is 0 Å². The first-order chi connectivity index (χ1) is 8.38. The zero-order valence-electron chi connectivity index (χ0n) is 12.6. The Bertz CT molecular complexity index is 335. The SMILES string of the molecule is C[C@H]1CCC[C@H]([C@H]2C[C@@H]3CC[C@@]2(C)C3(C)C)[C@H]1O. The van der Waals surface area contributed by atoms with Gasteiger partial charge in [0, 0.05) is 0 Å². The van der Waals surface area contributed by atoms with E-state index in [1.165, 1.54) is 38.5 Å². The van der Waals surface area contributed by atoms with Gasteiger partial charge in [0.25, 0.3) is 0 Å². The average molecular weight is 250 g/mol. The molecule has 3 saturated carbocycles. The molecule has 0 spiro atoms. The van der Waals surface area contributed by atoms with Crippen LogP contribution in [-0.2, 0) is 0 Å². The second kappa shape index (κ2) is 3.98. The van der Waals surface area contributed by atoms with Gasteiger partial charge in [-0.2, -0.15) is 0 Å². The molecule has 0 unspecified atom stereocenters. The zero-order valence-corrected chi connectivity index (χ0v) is 12.6. The van der Waals surface area contributed by atoms with Crippen molar-refractivity contribution in [3.63, 3.8) is 0 Å². The van der Waals surface area contributed by atoms with E-state index in [2.05, 4.69) is 27.7 Å². The monoisotopic (exact) mass is 250 g/mol. The van der Waals surface area contributed by atoms with Crippen molar-refractivity contribution in [1.29, 1.82) is 0 Å². The molecule has 18 heavy (non-hydrogen) atoms. The third kappa shape index (κ3) is 1.49. The molecule has 0 aromatic heterocycles. The highest BCUT2D eigenvalue weighted by molar-refractivity contribution is 5.12. The van der Waals surface area contributed by atoms with Crippen LogP contribution in [0.2, 0.25) is 0 Å². The molecule has 3 rings (SSSR count). The Balaban J connectivity index is 1.86. The molecule has 0 radical (unpaired) electrons. The normalized spacial score (nSPS) is 54.8. The van der Waals surface area contributed by atoms with E-state index in [1.807, 2.05) is 0 Å². The van der Waals surface area contributed by atoms with Crippen LogP contribution in [-0.4, -0.2) is 11.2 Å². The maximum Gasteiger partial charge on any atom is 0.0596 e. The summed E-state index contributed by atoms with van der Waals surface area (Å²) < 4.78 is 0. The molecule has 3 fully saturated rings. The lowest BCUT2D eigenvalue weighted by molar-refractivity contribution is -0.0455. The lowest BCUT2D eigenvalue weighted by Gasteiger charge is -2.46. The van der Waals surface area contributed by atoms with Crippen molar-refractivity contribution in [3.8, 4) is 0 Å². The summed E-state index contributed by atoms with van der Waals surface area (Å²) >= 11 is 0. The van der Waals surface area contributed by atoms with E-state index < -0.39 is 0 Å². The molecule has 1 N–H and O–H groups in total. The van der Waals surface area contributed by atoms with E-state index >= 15 is 0 Å². The van der Waals surface area contributed by atoms with Crippen molar-refractivity contribution in [1.82, 2.24) is 0 Å². The summed E-state index contributed by atoms with van der Waals surface area (Å²) in [6, 6.07) is 0. The number of rotatable bonds is 1. The van der Waals surface area contributed by atoms with Crippen LogP contribution in [0.3, 0.4) is 0 Å². The van der Waals surface area contributed by atoms with Crippen molar-refractivity contribution in [3.05, 3.63) is 0 Å². The molecule has 0 aromatic rings. The van der Waals surface area contributed by atoms with E-state index in [1.54, 1.807) is 0 Å². The first kappa shape index (κ1) is 13.0. The summed E-state index contributed by atoms with van der Waals surface area (Å²) in [6.07, 6.45) is 8.02. The van der Waals surface area contributed by atoms with E-state index in [0.29, 0.717) is 22.7 Å². The van der Waals surface area contributed by atoms with Crippen LogP contribution in [0.1, 0.15) is 66.2 Å². The first-order valence-electron chi connectivity index (χ1n) is 8.06. The number of aliphatic hydroxyl groups is 1. The van der Waals surface area contributed by atoms with Gasteiger partial charge in [-0.15, -0.1) is 0 Å². The summed E-state index contributed by atoms with van der Waals surface area (Å²) in [5.74, 6) is 2.80. The van der Waals surface area contributed by atoms with E-state index in [-0.39, 0.29) is 6.10 Å².